The number of fused-ring (bicyclic) bond motifs is 1. The summed E-state index contributed by atoms with van der Waals surface area (Å²) in [6, 6.07) is 5.17. The van der Waals surface area contributed by atoms with Crippen LogP contribution in [0.1, 0.15) is 5.56 Å². The zero-order valence-electron chi connectivity index (χ0n) is 10.5. The molecule has 0 spiro atoms. The van der Waals surface area contributed by atoms with Crippen molar-refractivity contribution in [1.29, 1.82) is 0 Å². The molecule has 0 saturated heterocycles. The molecule has 1 N–H and O–H groups in total. The largest absolute Gasteiger partial charge is 0.534 e. The summed E-state index contributed by atoms with van der Waals surface area (Å²) in [6.45, 7) is -0.105. The predicted molar refractivity (Wildman–Crippen MR) is 68.1 cm³/mol. The second-order valence-electron chi connectivity index (χ2n) is 4.15. The van der Waals surface area contributed by atoms with Gasteiger partial charge in [-0.2, -0.15) is 21.6 Å². The smallest absolute Gasteiger partial charge is 0.396 e. The van der Waals surface area contributed by atoms with E-state index >= 15 is 0 Å². The molecule has 0 radical (unpaired) electrons. The number of nitrogens with zero attached hydrogens (tertiary/aromatic N) is 1. The number of aliphatic hydroxyl groups is 1. The number of hydrogen-bond acceptors (Lipinski definition) is 5. The molecule has 0 unspecified atom stereocenters. The molecule has 2 aromatic rings. The lowest BCUT2D eigenvalue weighted by atomic mass is 10.1. The highest BCUT2D eigenvalue weighted by atomic mass is 32.2. The summed E-state index contributed by atoms with van der Waals surface area (Å²) in [7, 11) is -5.70. The number of alkyl halides is 3. The van der Waals surface area contributed by atoms with Crippen molar-refractivity contribution in [2.75, 3.05) is 6.61 Å². The van der Waals surface area contributed by atoms with Crippen molar-refractivity contribution in [2.24, 2.45) is 0 Å². The molecule has 1 aromatic heterocycles. The standard InChI is InChI=1S/C12H10F3NO4S/c13-12(14,15)21(18,19)20-10-1-2-11-9(6-10)5-8(3-4-17)7-16-11/h1-2,5-7,17H,3-4H2. The monoisotopic (exact) mass is 321 g/mol. The van der Waals surface area contributed by atoms with Gasteiger partial charge in [0.1, 0.15) is 5.75 Å². The van der Waals surface area contributed by atoms with Crippen molar-refractivity contribution >= 4 is 21.0 Å². The minimum atomic E-state index is -5.70. The van der Waals surface area contributed by atoms with Crippen LogP contribution < -0.4 is 4.18 Å². The van der Waals surface area contributed by atoms with Crippen molar-refractivity contribution in [3.63, 3.8) is 0 Å². The van der Waals surface area contributed by atoms with Gasteiger partial charge in [0.2, 0.25) is 0 Å². The van der Waals surface area contributed by atoms with Crippen molar-refractivity contribution < 1.29 is 30.9 Å². The van der Waals surface area contributed by atoms with Crippen LogP contribution in [-0.2, 0) is 16.5 Å². The Morgan fingerprint density at radius 3 is 2.57 bits per heavy atom. The molecule has 21 heavy (non-hydrogen) atoms. The Morgan fingerprint density at radius 1 is 1.24 bits per heavy atom. The van der Waals surface area contributed by atoms with E-state index in [2.05, 4.69) is 9.17 Å². The van der Waals surface area contributed by atoms with Crippen molar-refractivity contribution in [3.8, 4) is 5.75 Å². The molecule has 1 aromatic carbocycles. The molecular weight excluding hydrogens is 311 g/mol. The fraction of sp³-hybridized carbons (Fsp3) is 0.250. The molecule has 0 aliphatic heterocycles. The van der Waals surface area contributed by atoms with Crippen LogP contribution in [0.3, 0.4) is 0 Å². The molecule has 0 amide bonds. The van der Waals surface area contributed by atoms with Gasteiger partial charge < -0.3 is 9.29 Å². The molecule has 0 aliphatic rings. The van der Waals surface area contributed by atoms with E-state index < -0.39 is 21.4 Å². The molecule has 0 saturated carbocycles. The minimum absolute atomic E-state index is 0.105. The first-order valence-electron chi connectivity index (χ1n) is 5.73. The molecule has 0 aliphatic carbocycles. The van der Waals surface area contributed by atoms with E-state index in [-0.39, 0.29) is 6.61 Å². The van der Waals surface area contributed by atoms with Gasteiger partial charge in [-0.15, -0.1) is 0 Å². The normalized spacial score (nSPS) is 12.6. The molecule has 9 heteroatoms. The number of halogens is 3. The van der Waals surface area contributed by atoms with Crippen molar-refractivity contribution in [1.82, 2.24) is 4.98 Å². The van der Waals surface area contributed by atoms with E-state index in [0.29, 0.717) is 22.9 Å². The summed E-state index contributed by atoms with van der Waals surface area (Å²) in [5.74, 6) is -0.456. The van der Waals surface area contributed by atoms with E-state index in [9.17, 15) is 21.6 Å². The molecular formula is C12H10F3NO4S. The topological polar surface area (TPSA) is 76.5 Å². The summed E-state index contributed by atoms with van der Waals surface area (Å²) in [6.07, 6.45) is 1.85. The van der Waals surface area contributed by atoms with Gasteiger partial charge in [-0.25, -0.2) is 0 Å². The highest BCUT2D eigenvalue weighted by Crippen LogP contribution is 2.28. The average molecular weight is 321 g/mol. The lowest BCUT2D eigenvalue weighted by Gasteiger charge is -2.10. The molecule has 0 fully saturated rings. The zero-order chi connectivity index (χ0) is 15.7. The second kappa shape index (κ2) is 5.49. The molecule has 0 atom stereocenters. The van der Waals surface area contributed by atoms with E-state index in [4.69, 9.17) is 5.11 Å². The van der Waals surface area contributed by atoms with Crippen molar-refractivity contribution in [2.45, 2.75) is 11.9 Å². The Hall–Kier alpha value is -1.87. The average Bonchev–Trinajstić information content (AvgIpc) is 2.37. The Bertz CT molecular complexity index is 759. The van der Waals surface area contributed by atoms with Gasteiger partial charge in [0.05, 0.1) is 5.52 Å². The summed E-state index contributed by atoms with van der Waals surface area (Å²) < 4.78 is 62.6. The summed E-state index contributed by atoms with van der Waals surface area (Å²) in [5.41, 5.74) is -4.35. The predicted octanol–water partition coefficient (Wildman–Crippen LogP) is 2.00. The number of benzene rings is 1. The SMILES string of the molecule is O=S(=O)(Oc1ccc2ncc(CCO)cc2c1)C(F)(F)F. The maximum absolute atomic E-state index is 12.2. The van der Waals surface area contributed by atoms with E-state index in [1.54, 1.807) is 6.07 Å². The van der Waals surface area contributed by atoms with Gasteiger partial charge in [-0.05, 0) is 36.2 Å². The van der Waals surface area contributed by atoms with Gasteiger partial charge in [0.25, 0.3) is 0 Å². The Morgan fingerprint density at radius 2 is 1.95 bits per heavy atom. The van der Waals surface area contributed by atoms with Crippen LogP contribution in [0.4, 0.5) is 13.2 Å². The third-order valence-electron chi connectivity index (χ3n) is 2.60. The van der Waals surface area contributed by atoms with Crippen LogP contribution in [0, 0.1) is 0 Å². The third-order valence-corrected chi connectivity index (χ3v) is 3.58. The molecule has 114 valence electrons. The van der Waals surface area contributed by atoms with Gasteiger partial charge in [0.15, 0.2) is 0 Å². The van der Waals surface area contributed by atoms with E-state index in [1.165, 1.54) is 12.3 Å². The highest BCUT2D eigenvalue weighted by molar-refractivity contribution is 7.88. The van der Waals surface area contributed by atoms with Crippen LogP contribution in [0.5, 0.6) is 5.75 Å². The third kappa shape index (κ3) is 3.42. The molecule has 0 bridgehead atoms. The minimum Gasteiger partial charge on any atom is -0.396 e. The Kier molecular flexibility index (Phi) is 4.06. The Labute approximate surface area is 118 Å². The lowest BCUT2D eigenvalue weighted by molar-refractivity contribution is -0.0500. The molecule has 2 rings (SSSR count). The quantitative estimate of drug-likeness (QED) is 0.688. The summed E-state index contributed by atoms with van der Waals surface area (Å²) >= 11 is 0. The maximum atomic E-state index is 12.2. The number of pyridine rings is 1. The Balaban J connectivity index is 2.38. The van der Waals surface area contributed by atoms with Gasteiger partial charge in [-0.1, -0.05) is 0 Å². The summed E-state index contributed by atoms with van der Waals surface area (Å²) in [4.78, 5) is 4.05. The van der Waals surface area contributed by atoms with Crippen LogP contribution in [0.15, 0.2) is 30.5 Å². The second-order valence-corrected chi connectivity index (χ2v) is 5.69. The molecule has 5 nitrogen and oxygen atoms in total. The van der Waals surface area contributed by atoms with Crippen LogP contribution >= 0.6 is 0 Å². The summed E-state index contributed by atoms with van der Waals surface area (Å²) in [5, 5.41) is 9.24. The molecule has 1 heterocycles. The first-order valence-corrected chi connectivity index (χ1v) is 7.14. The first kappa shape index (κ1) is 15.5. The highest BCUT2D eigenvalue weighted by Gasteiger charge is 2.48. The first-order chi connectivity index (χ1) is 9.73. The maximum Gasteiger partial charge on any atom is 0.534 e. The fourth-order valence-electron chi connectivity index (χ4n) is 1.65. The van der Waals surface area contributed by atoms with Crippen LogP contribution in [-0.4, -0.2) is 30.6 Å². The van der Waals surface area contributed by atoms with Crippen LogP contribution in [0.25, 0.3) is 10.9 Å². The van der Waals surface area contributed by atoms with Gasteiger partial charge in [0, 0.05) is 18.2 Å². The lowest BCUT2D eigenvalue weighted by Crippen LogP contribution is -2.28. The number of aromatic nitrogens is 1. The van der Waals surface area contributed by atoms with E-state index in [0.717, 1.165) is 12.1 Å². The number of aliphatic hydroxyl groups excluding tert-OH is 1. The van der Waals surface area contributed by atoms with E-state index in [1.807, 2.05) is 0 Å². The number of hydrogen-bond donors (Lipinski definition) is 1. The van der Waals surface area contributed by atoms with Gasteiger partial charge in [-0.3, -0.25) is 4.98 Å². The van der Waals surface area contributed by atoms with Gasteiger partial charge >= 0.3 is 15.6 Å². The van der Waals surface area contributed by atoms with Crippen molar-refractivity contribution in [3.05, 3.63) is 36.0 Å². The fourth-order valence-corrected chi connectivity index (χ4v) is 2.10. The van der Waals surface area contributed by atoms with Crippen LogP contribution in [0.2, 0.25) is 0 Å². The number of rotatable bonds is 4. The zero-order valence-corrected chi connectivity index (χ0v) is 11.3.